The second kappa shape index (κ2) is 7.93. The van der Waals surface area contributed by atoms with Crippen molar-refractivity contribution >= 4 is 12.0 Å². The summed E-state index contributed by atoms with van der Waals surface area (Å²) < 4.78 is 10.0. The minimum atomic E-state index is -0.577. The number of nitrogens with zero attached hydrogens (tertiary/aromatic N) is 1. The maximum atomic E-state index is 11.6. The molecular formula is C15H17NO3. The molecule has 0 amide bonds. The van der Waals surface area contributed by atoms with Gasteiger partial charge in [0.15, 0.2) is 0 Å². The summed E-state index contributed by atoms with van der Waals surface area (Å²) in [7, 11) is 1.58. The molecule has 1 aromatic rings. The molecule has 1 rings (SSSR count). The average molecular weight is 259 g/mol. The fraction of sp³-hybridized carbons (Fsp3) is 0.333. The minimum Gasteiger partial charge on any atom is -0.497 e. The van der Waals surface area contributed by atoms with Crippen molar-refractivity contribution in [2.24, 2.45) is 0 Å². The summed E-state index contributed by atoms with van der Waals surface area (Å²) in [5.74, 6) is 0.146. The number of carbonyl (C=O) groups is 1. The summed E-state index contributed by atoms with van der Waals surface area (Å²) in [6, 6.07) is 8.94. The predicted octanol–water partition coefficient (Wildman–Crippen LogP) is 2.95. The average Bonchev–Trinajstić information content (AvgIpc) is 2.45. The number of hydrogen-bond acceptors (Lipinski definition) is 4. The van der Waals surface area contributed by atoms with Crippen LogP contribution < -0.4 is 4.74 Å². The first-order valence-corrected chi connectivity index (χ1v) is 6.14. The molecule has 0 spiro atoms. The van der Waals surface area contributed by atoms with E-state index in [9.17, 15) is 4.79 Å². The lowest BCUT2D eigenvalue weighted by molar-refractivity contribution is -0.138. The standard InChI is InChI=1S/C15H17NO3/c1-3-4-9-19-15(17)13(11-16)10-12-5-7-14(18-2)8-6-12/h5-8,10H,3-4,9H2,1-2H3. The van der Waals surface area contributed by atoms with E-state index >= 15 is 0 Å². The van der Waals surface area contributed by atoms with Crippen LogP contribution in [0.25, 0.3) is 6.08 Å². The first kappa shape index (κ1) is 14.8. The van der Waals surface area contributed by atoms with Crippen LogP contribution in [0.4, 0.5) is 0 Å². The largest absolute Gasteiger partial charge is 0.497 e. The highest BCUT2D eigenvalue weighted by molar-refractivity contribution is 5.97. The lowest BCUT2D eigenvalue weighted by atomic mass is 10.1. The quantitative estimate of drug-likeness (QED) is 0.341. The van der Waals surface area contributed by atoms with Crippen molar-refractivity contribution in [1.82, 2.24) is 0 Å². The summed E-state index contributed by atoms with van der Waals surface area (Å²) in [6.07, 6.45) is 3.25. The molecule has 0 aliphatic rings. The number of unbranched alkanes of at least 4 members (excludes halogenated alkanes) is 1. The number of methoxy groups -OCH3 is 1. The molecule has 0 bridgehead atoms. The molecule has 100 valence electrons. The molecule has 0 aromatic heterocycles. The summed E-state index contributed by atoms with van der Waals surface area (Å²) in [6.45, 7) is 2.35. The summed E-state index contributed by atoms with van der Waals surface area (Å²) in [5, 5.41) is 8.97. The van der Waals surface area contributed by atoms with Crippen molar-refractivity contribution in [3.8, 4) is 11.8 Å². The smallest absolute Gasteiger partial charge is 0.348 e. The van der Waals surface area contributed by atoms with Gasteiger partial charge in [-0.25, -0.2) is 4.79 Å². The van der Waals surface area contributed by atoms with E-state index in [4.69, 9.17) is 14.7 Å². The van der Waals surface area contributed by atoms with Crippen LogP contribution in [0, 0.1) is 11.3 Å². The zero-order valence-corrected chi connectivity index (χ0v) is 11.2. The third-order valence-electron chi connectivity index (χ3n) is 2.50. The molecule has 4 nitrogen and oxygen atoms in total. The van der Waals surface area contributed by atoms with Crippen LogP contribution in [0.3, 0.4) is 0 Å². The van der Waals surface area contributed by atoms with E-state index in [1.807, 2.05) is 13.0 Å². The Morgan fingerprint density at radius 2 is 2.05 bits per heavy atom. The van der Waals surface area contributed by atoms with Crippen molar-refractivity contribution < 1.29 is 14.3 Å². The van der Waals surface area contributed by atoms with E-state index < -0.39 is 5.97 Å². The van der Waals surface area contributed by atoms with Gasteiger partial charge in [0, 0.05) is 0 Å². The monoisotopic (exact) mass is 259 g/mol. The molecule has 0 saturated heterocycles. The summed E-state index contributed by atoms with van der Waals surface area (Å²) >= 11 is 0. The molecule has 1 aromatic carbocycles. The van der Waals surface area contributed by atoms with E-state index in [-0.39, 0.29) is 5.57 Å². The molecule has 0 N–H and O–H groups in total. The minimum absolute atomic E-state index is 0.00118. The molecule has 19 heavy (non-hydrogen) atoms. The van der Waals surface area contributed by atoms with E-state index in [1.165, 1.54) is 6.08 Å². The van der Waals surface area contributed by atoms with Gasteiger partial charge < -0.3 is 9.47 Å². The van der Waals surface area contributed by atoms with E-state index in [0.717, 1.165) is 24.2 Å². The second-order valence-electron chi connectivity index (χ2n) is 3.93. The van der Waals surface area contributed by atoms with E-state index in [0.29, 0.717) is 6.61 Å². The van der Waals surface area contributed by atoms with Gasteiger partial charge in [-0.1, -0.05) is 25.5 Å². The fourth-order valence-electron chi connectivity index (χ4n) is 1.39. The second-order valence-corrected chi connectivity index (χ2v) is 3.93. The Balaban J connectivity index is 2.75. The van der Waals surface area contributed by atoms with Crippen molar-refractivity contribution in [1.29, 1.82) is 5.26 Å². The van der Waals surface area contributed by atoms with Crippen LogP contribution in [0.15, 0.2) is 29.8 Å². The Morgan fingerprint density at radius 3 is 2.58 bits per heavy atom. The van der Waals surface area contributed by atoms with Gasteiger partial charge >= 0.3 is 5.97 Å². The fourth-order valence-corrected chi connectivity index (χ4v) is 1.39. The number of hydrogen-bond donors (Lipinski definition) is 0. The Kier molecular flexibility index (Phi) is 6.17. The van der Waals surface area contributed by atoms with Crippen molar-refractivity contribution in [2.45, 2.75) is 19.8 Å². The number of rotatable bonds is 6. The van der Waals surface area contributed by atoms with Gasteiger partial charge in [0.1, 0.15) is 17.4 Å². The molecule has 0 fully saturated rings. The van der Waals surface area contributed by atoms with Crippen LogP contribution in [-0.2, 0) is 9.53 Å². The number of esters is 1. The zero-order valence-electron chi connectivity index (χ0n) is 11.2. The Labute approximate surface area is 113 Å². The van der Waals surface area contributed by atoms with Crippen LogP contribution in [-0.4, -0.2) is 19.7 Å². The molecule has 0 saturated carbocycles. The first-order chi connectivity index (χ1) is 9.21. The SMILES string of the molecule is CCCCOC(=O)C(C#N)=Cc1ccc(OC)cc1. The normalized spacial score (nSPS) is 10.7. The van der Waals surface area contributed by atoms with Crippen LogP contribution in [0.1, 0.15) is 25.3 Å². The van der Waals surface area contributed by atoms with Crippen LogP contribution in [0.5, 0.6) is 5.75 Å². The highest BCUT2D eigenvalue weighted by Gasteiger charge is 2.10. The van der Waals surface area contributed by atoms with Crippen molar-refractivity contribution in [3.63, 3.8) is 0 Å². The van der Waals surface area contributed by atoms with Gasteiger partial charge in [0.2, 0.25) is 0 Å². The first-order valence-electron chi connectivity index (χ1n) is 6.14. The van der Waals surface area contributed by atoms with Gasteiger partial charge in [-0.3, -0.25) is 0 Å². The lowest BCUT2D eigenvalue weighted by Crippen LogP contribution is -2.07. The molecule has 0 aliphatic heterocycles. The topological polar surface area (TPSA) is 59.3 Å². The maximum Gasteiger partial charge on any atom is 0.348 e. The highest BCUT2D eigenvalue weighted by Crippen LogP contribution is 2.14. The molecule has 0 radical (unpaired) electrons. The number of ether oxygens (including phenoxy) is 2. The summed E-state index contributed by atoms with van der Waals surface area (Å²) in [5.41, 5.74) is 0.756. The Hall–Kier alpha value is -2.28. The number of carbonyl (C=O) groups excluding carboxylic acids is 1. The molecule has 0 unspecified atom stereocenters. The highest BCUT2D eigenvalue weighted by atomic mass is 16.5. The Bertz CT molecular complexity index is 483. The number of benzene rings is 1. The lowest BCUT2D eigenvalue weighted by Gasteiger charge is -2.03. The van der Waals surface area contributed by atoms with Crippen molar-refractivity contribution in [3.05, 3.63) is 35.4 Å². The van der Waals surface area contributed by atoms with Gasteiger partial charge in [0.25, 0.3) is 0 Å². The third kappa shape index (κ3) is 4.84. The molecule has 0 heterocycles. The van der Waals surface area contributed by atoms with Gasteiger partial charge in [0.05, 0.1) is 13.7 Å². The molecule has 4 heteroatoms. The predicted molar refractivity (Wildman–Crippen MR) is 72.5 cm³/mol. The zero-order chi connectivity index (χ0) is 14.1. The van der Waals surface area contributed by atoms with Gasteiger partial charge in [-0.2, -0.15) is 5.26 Å². The number of nitriles is 1. The Morgan fingerprint density at radius 1 is 1.37 bits per heavy atom. The van der Waals surface area contributed by atoms with E-state index in [1.54, 1.807) is 31.4 Å². The van der Waals surface area contributed by atoms with Gasteiger partial charge in [-0.15, -0.1) is 0 Å². The summed E-state index contributed by atoms with van der Waals surface area (Å²) in [4.78, 5) is 11.6. The van der Waals surface area contributed by atoms with Crippen LogP contribution >= 0.6 is 0 Å². The third-order valence-corrected chi connectivity index (χ3v) is 2.50. The van der Waals surface area contributed by atoms with Crippen molar-refractivity contribution in [2.75, 3.05) is 13.7 Å². The molecule has 0 aliphatic carbocycles. The maximum absolute atomic E-state index is 11.6. The van der Waals surface area contributed by atoms with Crippen LogP contribution in [0.2, 0.25) is 0 Å². The van der Waals surface area contributed by atoms with Gasteiger partial charge in [-0.05, 0) is 30.2 Å². The van der Waals surface area contributed by atoms with E-state index in [2.05, 4.69) is 0 Å². The molecule has 0 atom stereocenters. The molecular weight excluding hydrogens is 242 g/mol.